The van der Waals surface area contributed by atoms with Crippen LogP contribution in [0.3, 0.4) is 0 Å². The van der Waals surface area contributed by atoms with Gasteiger partial charge in [0, 0.05) is 24.9 Å². The first-order valence-corrected chi connectivity index (χ1v) is 10.8. The van der Waals surface area contributed by atoms with Gasteiger partial charge in [-0.1, -0.05) is 12.1 Å². The molecule has 11 N–H and O–H groups in total. The number of nitrogens with one attached hydrogen (secondary N) is 2. The molecule has 2 aromatic carbocycles. The molecule has 35 heavy (non-hydrogen) atoms. The summed E-state index contributed by atoms with van der Waals surface area (Å²) in [7, 11) is 0. The highest BCUT2D eigenvalue weighted by Gasteiger charge is 2.35. The number of carbonyl (C=O) groups is 3. The summed E-state index contributed by atoms with van der Waals surface area (Å²) in [4.78, 5) is 37.6. The number of hydrogen-bond acceptors (Lipinski definition) is 9. The highest BCUT2D eigenvalue weighted by Crippen LogP contribution is 2.33. The molecule has 4 bridgehead atoms. The Kier molecular flexibility index (Phi) is 7.92. The molecule has 0 saturated carbocycles. The van der Waals surface area contributed by atoms with Gasteiger partial charge in [0.2, 0.25) is 11.8 Å². The first kappa shape index (κ1) is 25.9. The van der Waals surface area contributed by atoms with Crippen LogP contribution in [-0.2, 0) is 20.8 Å². The molecule has 0 unspecified atom stereocenters. The van der Waals surface area contributed by atoms with Crippen molar-refractivity contribution in [2.24, 2.45) is 11.5 Å². The first-order valence-electron chi connectivity index (χ1n) is 10.8. The van der Waals surface area contributed by atoms with E-state index in [1.165, 1.54) is 24.3 Å². The van der Waals surface area contributed by atoms with Crippen LogP contribution >= 0.6 is 0 Å². The molecule has 5 atom stereocenters. The van der Waals surface area contributed by atoms with Gasteiger partial charge in [-0.3, -0.25) is 9.59 Å². The quantitative estimate of drug-likeness (QED) is 0.240. The summed E-state index contributed by atoms with van der Waals surface area (Å²) in [6, 6.07) is 4.10. The number of benzene rings is 2. The Labute approximate surface area is 200 Å². The SMILES string of the molecule is NC[C@H](O)C[C@@H]1NC(=O)[C@@H](N)Cc2cc(ccc2O)-c2ccc(O)c(c2)[C@@H](O)[C@@H](C(=O)O)NC1=O. The number of amides is 2. The maximum Gasteiger partial charge on any atom is 0.329 e. The van der Waals surface area contributed by atoms with Crippen molar-refractivity contribution in [3.8, 4) is 22.6 Å². The first-order chi connectivity index (χ1) is 16.5. The van der Waals surface area contributed by atoms with E-state index in [0.717, 1.165) is 0 Å². The summed E-state index contributed by atoms with van der Waals surface area (Å²) in [6.07, 6.45) is -3.55. The van der Waals surface area contributed by atoms with E-state index < -0.39 is 53.9 Å². The van der Waals surface area contributed by atoms with Crippen molar-refractivity contribution in [1.29, 1.82) is 0 Å². The number of aliphatic hydroxyl groups is 2. The predicted octanol–water partition coefficient (Wildman–Crippen LogP) is -1.55. The minimum Gasteiger partial charge on any atom is -0.508 e. The van der Waals surface area contributed by atoms with E-state index in [4.69, 9.17) is 11.5 Å². The molecule has 0 spiro atoms. The van der Waals surface area contributed by atoms with Crippen molar-refractivity contribution in [1.82, 2.24) is 10.6 Å². The van der Waals surface area contributed by atoms with Crippen molar-refractivity contribution in [2.75, 3.05) is 6.54 Å². The van der Waals surface area contributed by atoms with Crippen LogP contribution in [0.25, 0.3) is 11.1 Å². The Morgan fingerprint density at radius 1 is 1.03 bits per heavy atom. The maximum absolute atomic E-state index is 12.9. The smallest absolute Gasteiger partial charge is 0.329 e. The number of carboxylic acids is 1. The van der Waals surface area contributed by atoms with Gasteiger partial charge in [0.05, 0.1) is 12.1 Å². The molecule has 0 aromatic heterocycles. The van der Waals surface area contributed by atoms with Gasteiger partial charge >= 0.3 is 5.97 Å². The van der Waals surface area contributed by atoms with Crippen LogP contribution in [0.5, 0.6) is 11.5 Å². The Morgan fingerprint density at radius 3 is 2.29 bits per heavy atom. The molecule has 2 aromatic rings. The van der Waals surface area contributed by atoms with Gasteiger partial charge in [-0.25, -0.2) is 4.79 Å². The predicted molar refractivity (Wildman–Crippen MR) is 123 cm³/mol. The summed E-state index contributed by atoms with van der Waals surface area (Å²) < 4.78 is 0. The summed E-state index contributed by atoms with van der Waals surface area (Å²) in [5, 5.41) is 55.6. The Morgan fingerprint density at radius 2 is 1.66 bits per heavy atom. The lowest BCUT2D eigenvalue weighted by atomic mass is 9.94. The number of carbonyl (C=O) groups excluding carboxylic acids is 2. The molecule has 188 valence electrons. The number of phenols is 2. The third-order valence-electron chi connectivity index (χ3n) is 5.83. The van der Waals surface area contributed by atoms with E-state index >= 15 is 0 Å². The monoisotopic (exact) mass is 488 g/mol. The van der Waals surface area contributed by atoms with Crippen LogP contribution < -0.4 is 22.1 Å². The number of phenolic OH excluding ortho intramolecular Hbond substituents is 2. The Hall–Kier alpha value is -3.71. The number of aromatic hydroxyl groups is 2. The number of fused-ring (bicyclic) bond motifs is 5. The molecule has 0 radical (unpaired) electrons. The lowest BCUT2D eigenvalue weighted by molar-refractivity contribution is -0.146. The normalized spacial score (nSPS) is 23.9. The average molecular weight is 488 g/mol. The van der Waals surface area contributed by atoms with E-state index in [1.54, 1.807) is 12.1 Å². The molecular weight excluding hydrogens is 460 g/mol. The fourth-order valence-corrected chi connectivity index (χ4v) is 3.82. The average Bonchev–Trinajstić information content (AvgIpc) is 2.82. The van der Waals surface area contributed by atoms with Gasteiger partial charge in [-0.15, -0.1) is 0 Å². The van der Waals surface area contributed by atoms with E-state index in [9.17, 15) is 39.9 Å². The number of nitrogens with two attached hydrogens (primary N) is 2. The molecule has 0 saturated heterocycles. The van der Waals surface area contributed by atoms with Crippen molar-refractivity contribution in [3.63, 3.8) is 0 Å². The maximum atomic E-state index is 12.9. The summed E-state index contributed by atoms with van der Waals surface area (Å²) in [5.41, 5.74) is 12.6. The highest BCUT2D eigenvalue weighted by molar-refractivity contribution is 5.92. The zero-order chi connectivity index (χ0) is 25.9. The van der Waals surface area contributed by atoms with E-state index in [2.05, 4.69) is 10.6 Å². The fourth-order valence-electron chi connectivity index (χ4n) is 3.82. The largest absolute Gasteiger partial charge is 0.508 e. The molecule has 1 heterocycles. The van der Waals surface area contributed by atoms with Gasteiger partial charge in [-0.05, 0) is 41.0 Å². The fraction of sp³-hybridized carbons (Fsp3) is 0.348. The molecule has 1 aliphatic rings. The molecular formula is C23H28N4O8. The third kappa shape index (κ3) is 5.87. The molecule has 3 rings (SSSR count). The Bertz CT molecular complexity index is 1120. The Balaban J connectivity index is 2.14. The zero-order valence-corrected chi connectivity index (χ0v) is 18.6. The van der Waals surface area contributed by atoms with Gasteiger partial charge in [0.25, 0.3) is 0 Å². The van der Waals surface area contributed by atoms with E-state index in [1.807, 2.05) is 0 Å². The second-order valence-corrected chi connectivity index (χ2v) is 8.38. The van der Waals surface area contributed by atoms with Crippen molar-refractivity contribution < 1.29 is 39.9 Å². The second-order valence-electron chi connectivity index (χ2n) is 8.38. The van der Waals surface area contributed by atoms with Crippen LogP contribution in [-0.4, -0.2) is 74.1 Å². The molecule has 0 aliphatic carbocycles. The number of carboxylic acid groups (broad SMARTS) is 1. The third-order valence-corrected chi connectivity index (χ3v) is 5.83. The van der Waals surface area contributed by atoms with E-state index in [0.29, 0.717) is 16.7 Å². The van der Waals surface area contributed by atoms with Crippen molar-refractivity contribution in [3.05, 3.63) is 47.5 Å². The standard InChI is InChI=1S/C23H28N4O8/c24-9-13(28)8-16-22(33)27-19(23(34)35)20(31)14-6-11(2-4-18(14)30)10-1-3-17(29)12(5-10)7-15(25)21(32)26-16/h1-6,13,15-16,19-20,28-31H,7-9,24-25H2,(H,26,32)(H,27,33)(H,34,35)/t13-,15+,16+,19+,20-/m1/s1. The number of rotatable bonds is 4. The molecule has 12 heteroatoms. The van der Waals surface area contributed by atoms with Gasteiger partial charge in [-0.2, -0.15) is 0 Å². The molecule has 12 nitrogen and oxygen atoms in total. The molecule has 1 aliphatic heterocycles. The van der Waals surface area contributed by atoms with Crippen LogP contribution in [0.4, 0.5) is 0 Å². The highest BCUT2D eigenvalue weighted by atomic mass is 16.4. The van der Waals surface area contributed by atoms with Crippen LogP contribution in [0.1, 0.15) is 23.7 Å². The molecule has 0 fully saturated rings. The van der Waals surface area contributed by atoms with Crippen LogP contribution in [0.2, 0.25) is 0 Å². The number of hydrogen-bond donors (Lipinski definition) is 9. The number of aliphatic hydroxyl groups excluding tert-OH is 2. The van der Waals surface area contributed by atoms with Crippen LogP contribution in [0, 0.1) is 0 Å². The lowest BCUT2D eigenvalue weighted by Gasteiger charge is -2.26. The van der Waals surface area contributed by atoms with Crippen molar-refractivity contribution in [2.45, 2.75) is 43.2 Å². The summed E-state index contributed by atoms with van der Waals surface area (Å²) >= 11 is 0. The zero-order valence-electron chi connectivity index (χ0n) is 18.6. The van der Waals surface area contributed by atoms with Gasteiger partial charge in [0.15, 0.2) is 6.04 Å². The number of aliphatic carboxylic acids is 1. The van der Waals surface area contributed by atoms with Gasteiger partial charge < -0.3 is 47.6 Å². The van der Waals surface area contributed by atoms with Crippen molar-refractivity contribution >= 4 is 17.8 Å². The minimum atomic E-state index is -1.91. The summed E-state index contributed by atoms with van der Waals surface area (Å²) in [5.74, 6) is -3.94. The lowest BCUT2D eigenvalue weighted by Crippen LogP contribution is -2.56. The molecule has 2 amide bonds. The second kappa shape index (κ2) is 10.7. The van der Waals surface area contributed by atoms with Crippen LogP contribution in [0.15, 0.2) is 36.4 Å². The topological polar surface area (TPSA) is 228 Å². The van der Waals surface area contributed by atoms with E-state index in [-0.39, 0.29) is 30.7 Å². The minimum absolute atomic E-state index is 0.107. The summed E-state index contributed by atoms with van der Waals surface area (Å²) in [6.45, 7) is -0.238. The van der Waals surface area contributed by atoms with Gasteiger partial charge in [0.1, 0.15) is 23.6 Å².